The lowest BCUT2D eigenvalue weighted by Crippen LogP contribution is -2.45. The highest BCUT2D eigenvalue weighted by Crippen LogP contribution is 2.41. The Morgan fingerprint density at radius 3 is 2.62 bits per heavy atom. The number of unbranched alkanes of at least 4 members (excludes halogenated alkanes) is 1. The van der Waals surface area contributed by atoms with E-state index in [9.17, 15) is 19.5 Å². The fraction of sp³-hybridized carbons (Fsp3) is 0.583. The Morgan fingerprint density at radius 1 is 1.09 bits per heavy atom. The lowest BCUT2D eigenvalue weighted by atomic mass is 9.83. The van der Waals surface area contributed by atoms with E-state index in [0.29, 0.717) is 45.5 Å². The van der Waals surface area contributed by atoms with Crippen LogP contribution in [0.4, 0.5) is 5.69 Å². The molecule has 244 valence electrons. The average Bonchev–Trinajstić information content (AvgIpc) is 3.71. The molecule has 2 fully saturated rings. The third-order valence-electron chi connectivity index (χ3n) is 9.53. The van der Waals surface area contributed by atoms with Gasteiger partial charge in [0, 0.05) is 62.2 Å². The van der Waals surface area contributed by atoms with Crippen molar-refractivity contribution in [2.24, 2.45) is 5.92 Å². The van der Waals surface area contributed by atoms with Crippen molar-refractivity contribution < 1.29 is 28.7 Å². The van der Waals surface area contributed by atoms with Gasteiger partial charge in [-0.15, -0.1) is 0 Å². The zero-order valence-electron chi connectivity index (χ0n) is 27.5. The SMILES string of the molecule is CCCCN(C(=O)CN1CC(c2ccc3c(c2)CCO3)C(C(=O)O)C1CCCN1CCCC1=O)c1cccc(C[N+](C)(C)C)c1. The molecule has 0 bridgehead atoms. The maximum Gasteiger partial charge on any atom is 0.308 e. The van der Waals surface area contributed by atoms with Crippen LogP contribution in [0.15, 0.2) is 42.5 Å². The molecule has 3 aliphatic rings. The van der Waals surface area contributed by atoms with Crippen molar-refractivity contribution in [1.29, 1.82) is 0 Å². The Morgan fingerprint density at radius 2 is 1.91 bits per heavy atom. The highest BCUT2D eigenvalue weighted by Gasteiger charge is 2.47. The van der Waals surface area contributed by atoms with Crippen molar-refractivity contribution in [3.05, 3.63) is 59.2 Å². The first-order valence-corrected chi connectivity index (χ1v) is 16.7. The molecule has 45 heavy (non-hydrogen) atoms. The zero-order valence-corrected chi connectivity index (χ0v) is 27.5. The van der Waals surface area contributed by atoms with Gasteiger partial charge in [-0.1, -0.05) is 37.6 Å². The Balaban J connectivity index is 1.40. The first kappa shape index (κ1) is 32.9. The number of quaternary nitrogens is 1. The van der Waals surface area contributed by atoms with E-state index in [4.69, 9.17) is 4.74 Å². The number of carbonyl (C=O) groups is 3. The largest absolute Gasteiger partial charge is 0.493 e. The lowest BCUT2D eigenvalue weighted by molar-refractivity contribution is -0.884. The van der Waals surface area contributed by atoms with Crippen LogP contribution in [0.5, 0.6) is 5.75 Å². The summed E-state index contributed by atoms with van der Waals surface area (Å²) < 4.78 is 6.51. The van der Waals surface area contributed by atoms with Crippen LogP contribution in [0.3, 0.4) is 0 Å². The maximum absolute atomic E-state index is 14.2. The minimum atomic E-state index is -0.829. The molecule has 3 heterocycles. The highest BCUT2D eigenvalue weighted by molar-refractivity contribution is 5.95. The standard InChI is InChI=1S/C36H50N4O5/c1-5-6-19-39(29-11-7-10-26(21-29)25-40(2,3)4)34(42)24-38-23-30(27-14-15-32-28(22-27)16-20-45-32)35(36(43)44)31(38)12-8-17-37-18-9-13-33(37)41/h7,10-11,14-15,21-22,30-31,35H,5-6,8-9,12-13,16-20,23-25H2,1-4H3/p+1. The van der Waals surface area contributed by atoms with Crippen LogP contribution in [-0.2, 0) is 27.3 Å². The van der Waals surface area contributed by atoms with Gasteiger partial charge in [-0.25, -0.2) is 0 Å². The van der Waals surface area contributed by atoms with Gasteiger partial charge >= 0.3 is 5.97 Å². The molecule has 3 aliphatic heterocycles. The number of aliphatic carboxylic acids is 1. The van der Waals surface area contributed by atoms with E-state index in [-0.39, 0.29) is 30.3 Å². The van der Waals surface area contributed by atoms with Crippen molar-refractivity contribution in [3.63, 3.8) is 0 Å². The molecule has 9 heteroatoms. The van der Waals surface area contributed by atoms with Gasteiger partial charge in [0.05, 0.1) is 40.2 Å². The molecule has 1 N–H and O–H groups in total. The summed E-state index contributed by atoms with van der Waals surface area (Å²) in [6, 6.07) is 14.0. The summed E-state index contributed by atoms with van der Waals surface area (Å²) in [5, 5.41) is 10.6. The van der Waals surface area contributed by atoms with Gasteiger partial charge in [0.2, 0.25) is 11.8 Å². The maximum atomic E-state index is 14.2. The fourth-order valence-corrected chi connectivity index (χ4v) is 7.40. The number of ether oxygens (including phenoxy) is 1. The molecule has 0 spiro atoms. The summed E-state index contributed by atoms with van der Waals surface area (Å²) in [6.07, 6.45) is 5.48. The van der Waals surface area contributed by atoms with E-state index in [2.05, 4.69) is 51.2 Å². The van der Waals surface area contributed by atoms with Crippen LogP contribution in [-0.4, -0.2) is 104 Å². The van der Waals surface area contributed by atoms with Crippen molar-refractivity contribution in [3.8, 4) is 5.75 Å². The number of anilines is 1. The van der Waals surface area contributed by atoms with Crippen molar-refractivity contribution in [2.45, 2.75) is 70.4 Å². The van der Waals surface area contributed by atoms with E-state index in [1.807, 2.05) is 34.1 Å². The lowest BCUT2D eigenvalue weighted by Gasteiger charge is -2.30. The molecule has 0 saturated carbocycles. The second kappa shape index (κ2) is 14.3. The third-order valence-corrected chi connectivity index (χ3v) is 9.53. The third kappa shape index (κ3) is 8.05. The molecule has 0 aliphatic carbocycles. The number of hydrogen-bond acceptors (Lipinski definition) is 5. The fourth-order valence-electron chi connectivity index (χ4n) is 7.40. The summed E-state index contributed by atoms with van der Waals surface area (Å²) in [4.78, 5) is 45.4. The molecule has 2 saturated heterocycles. The van der Waals surface area contributed by atoms with Crippen LogP contribution in [0.1, 0.15) is 68.1 Å². The number of hydrogen-bond donors (Lipinski definition) is 1. The van der Waals surface area contributed by atoms with Crippen LogP contribution in [0.25, 0.3) is 0 Å². The number of likely N-dealkylation sites (tertiary alicyclic amines) is 2. The van der Waals surface area contributed by atoms with Gasteiger partial charge in [0.1, 0.15) is 12.3 Å². The number of carbonyl (C=O) groups excluding carboxylic acids is 2. The van der Waals surface area contributed by atoms with Crippen LogP contribution in [0.2, 0.25) is 0 Å². The van der Waals surface area contributed by atoms with Gasteiger partial charge in [0.25, 0.3) is 0 Å². The second-order valence-electron chi connectivity index (χ2n) is 14.1. The van der Waals surface area contributed by atoms with E-state index in [1.54, 1.807) is 0 Å². The van der Waals surface area contributed by atoms with Crippen molar-refractivity contribution >= 4 is 23.5 Å². The van der Waals surface area contributed by atoms with E-state index in [0.717, 1.165) is 65.8 Å². The molecule has 2 amide bonds. The van der Waals surface area contributed by atoms with Gasteiger partial charge < -0.3 is 24.1 Å². The Kier molecular flexibility index (Phi) is 10.5. The summed E-state index contributed by atoms with van der Waals surface area (Å²) in [7, 11) is 6.47. The van der Waals surface area contributed by atoms with Crippen LogP contribution in [0, 0.1) is 5.92 Å². The number of benzene rings is 2. The molecule has 3 atom stereocenters. The van der Waals surface area contributed by atoms with E-state index < -0.39 is 11.9 Å². The first-order valence-electron chi connectivity index (χ1n) is 16.7. The molecular formula is C36H51N4O5+. The van der Waals surface area contributed by atoms with Crippen molar-refractivity contribution in [1.82, 2.24) is 9.80 Å². The summed E-state index contributed by atoms with van der Waals surface area (Å²) >= 11 is 0. The molecule has 0 radical (unpaired) electrons. The van der Waals surface area contributed by atoms with Gasteiger partial charge in [0.15, 0.2) is 0 Å². The number of carboxylic acids is 1. The molecular weight excluding hydrogens is 568 g/mol. The first-order chi connectivity index (χ1) is 21.5. The number of rotatable bonds is 14. The minimum absolute atomic E-state index is 0.00212. The van der Waals surface area contributed by atoms with Crippen LogP contribution < -0.4 is 9.64 Å². The predicted molar refractivity (Wildman–Crippen MR) is 175 cm³/mol. The predicted octanol–water partition coefficient (Wildman–Crippen LogP) is 4.53. The molecule has 5 rings (SSSR count). The molecule has 2 aromatic carbocycles. The molecule has 0 aromatic heterocycles. The summed E-state index contributed by atoms with van der Waals surface area (Å²) in [5.74, 6) is -0.661. The normalized spacial score (nSPS) is 21.6. The second-order valence-corrected chi connectivity index (χ2v) is 14.1. The number of carboxylic acid groups (broad SMARTS) is 1. The quantitative estimate of drug-likeness (QED) is 0.313. The molecule has 9 nitrogen and oxygen atoms in total. The van der Waals surface area contributed by atoms with E-state index >= 15 is 0 Å². The number of fused-ring (bicyclic) bond motifs is 1. The summed E-state index contributed by atoms with van der Waals surface area (Å²) in [6.45, 7) is 6.30. The Bertz CT molecular complexity index is 1370. The molecule has 2 aromatic rings. The minimum Gasteiger partial charge on any atom is -0.493 e. The number of amides is 2. The monoisotopic (exact) mass is 619 g/mol. The Hall–Kier alpha value is -3.43. The average molecular weight is 620 g/mol. The Labute approximate surface area is 268 Å². The zero-order chi connectivity index (χ0) is 32.1. The number of nitrogens with zero attached hydrogens (tertiary/aromatic N) is 4. The topological polar surface area (TPSA) is 90.4 Å². The van der Waals surface area contributed by atoms with Gasteiger partial charge in [-0.3, -0.25) is 19.3 Å². The van der Waals surface area contributed by atoms with Crippen LogP contribution >= 0.6 is 0 Å². The van der Waals surface area contributed by atoms with Crippen molar-refractivity contribution in [2.75, 3.05) is 65.4 Å². The highest BCUT2D eigenvalue weighted by atomic mass is 16.5. The van der Waals surface area contributed by atoms with E-state index in [1.165, 1.54) is 5.56 Å². The smallest absolute Gasteiger partial charge is 0.308 e. The summed E-state index contributed by atoms with van der Waals surface area (Å²) in [5.41, 5.74) is 4.19. The molecule has 3 unspecified atom stereocenters. The van der Waals surface area contributed by atoms with Gasteiger partial charge in [-0.05, 0) is 55.0 Å². The van der Waals surface area contributed by atoms with Gasteiger partial charge in [-0.2, -0.15) is 0 Å².